The van der Waals surface area contributed by atoms with Crippen LogP contribution in [0.25, 0.3) is 11.0 Å². The Morgan fingerprint density at radius 3 is 2.57 bits per heavy atom. The van der Waals surface area contributed by atoms with Crippen molar-refractivity contribution >= 4 is 22.9 Å². The molecule has 0 spiro atoms. The van der Waals surface area contributed by atoms with Crippen molar-refractivity contribution in [1.82, 2.24) is 19.9 Å². The SMILES string of the molecule is CC(C)[C@@H](NC(=O)c1cnc2c(c1)c(=O)[nH]c(=O)n2C)C(=O)O. The molecule has 9 heteroatoms. The van der Waals surface area contributed by atoms with Gasteiger partial charge in [0.25, 0.3) is 11.5 Å². The van der Waals surface area contributed by atoms with Gasteiger partial charge in [0.15, 0.2) is 0 Å². The third-order valence-corrected chi connectivity index (χ3v) is 3.44. The molecule has 2 heterocycles. The highest BCUT2D eigenvalue weighted by atomic mass is 16.4. The summed E-state index contributed by atoms with van der Waals surface area (Å²) < 4.78 is 1.15. The minimum absolute atomic E-state index is 0.0357. The van der Waals surface area contributed by atoms with E-state index < -0.39 is 29.2 Å². The second-order valence-electron chi connectivity index (χ2n) is 5.45. The molecule has 9 nitrogen and oxygen atoms in total. The molecule has 0 fully saturated rings. The molecule has 1 atom stereocenters. The fourth-order valence-electron chi connectivity index (χ4n) is 2.10. The summed E-state index contributed by atoms with van der Waals surface area (Å²) in [7, 11) is 1.44. The van der Waals surface area contributed by atoms with Crippen LogP contribution in [0.2, 0.25) is 0 Å². The molecule has 2 rings (SSSR count). The van der Waals surface area contributed by atoms with Crippen molar-refractivity contribution in [3.63, 3.8) is 0 Å². The van der Waals surface area contributed by atoms with Crippen LogP contribution in [0.4, 0.5) is 0 Å². The fourth-order valence-corrected chi connectivity index (χ4v) is 2.10. The van der Waals surface area contributed by atoms with Gasteiger partial charge >= 0.3 is 11.7 Å². The summed E-state index contributed by atoms with van der Waals surface area (Å²) in [5.41, 5.74) is -1.11. The molecule has 0 saturated carbocycles. The number of aliphatic carboxylic acids is 1. The average molecular weight is 320 g/mol. The van der Waals surface area contributed by atoms with E-state index in [0.29, 0.717) is 0 Å². The van der Waals surface area contributed by atoms with Crippen molar-refractivity contribution < 1.29 is 14.7 Å². The van der Waals surface area contributed by atoms with Gasteiger partial charge in [0.05, 0.1) is 10.9 Å². The van der Waals surface area contributed by atoms with E-state index in [1.807, 2.05) is 0 Å². The lowest BCUT2D eigenvalue weighted by Crippen LogP contribution is -2.44. The number of nitrogens with zero attached hydrogens (tertiary/aromatic N) is 2. The van der Waals surface area contributed by atoms with Crippen LogP contribution < -0.4 is 16.6 Å². The second-order valence-corrected chi connectivity index (χ2v) is 5.45. The average Bonchev–Trinajstić information content (AvgIpc) is 2.49. The van der Waals surface area contributed by atoms with Gasteiger partial charge in [0.2, 0.25) is 0 Å². The number of aromatic amines is 1. The highest BCUT2D eigenvalue weighted by Gasteiger charge is 2.24. The summed E-state index contributed by atoms with van der Waals surface area (Å²) in [4.78, 5) is 52.7. The lowest BCUT2D eigenvalue weighted by Gasteiger charge is -2.17. The zero-order chi connectivity index (χ0) is 17.3. The predicted molar refractivity (Wildman–Crippen MR) is 81.3 cm³/mol. The Kier molecular flexibility index (Phi) is 4.30. The summed E-state index contributed by atoms with van der Waals surface area (Å²) in [6.07, 6.45) is 1.19. The number of H-pyrrole nitrogens is 1. The Hall–Kier alpha value is -2.97. The number of fused-ring (bicyclic) bond motifs is 1. The van der Waals surface area contributed by atoms with Crippen molar-refractivity contribution in [2.75, 3.05) is 0 Å². The number of nitrogens with one attached hydrogen (secondary N) is 2. The van der Waals surface area contributed by atoms with E-state index in [4.69, 9.17) is 5.11 Å². The standard InChI is InChI=1S/C14H16N4O5/c1-6(2)9(13(21)22)16-11(19)7-4-8-10(15-5-7)18(3)14(23)17-12(8)20/h4-6,9H,1-3H3,(H,16,19)(H,21,22)(H,17,20,23)/t9-/m1/s1. The zero-order valence-corrected chi connectivity index (χ0v) is 12.8. The number of carbonyl (C=O) groups excluding carboxylic acids is 1. The number of aromatic nitrogens is 3. The number of carboxylic acid groups (broad SMARTS) is 1. The van der Waals surface area contributed by atoms with Crippen LogP contribution in [0.15, 0.2) is 21.9 Å². The van der Waals surface area contributed by atoms with Crippen LogP contribution in [-0.4, -0.2) is 37.6 Å². The van der Waals surface area contributed by atoms with Gasteiger partial charge in [-0.2, -0.15) is 0 Å². The van der Waals surface area contributed by atoms with Gasteiger partial charge in [-0.25, -0.2) is 14.6 Å². The molecule has 2 aromatic heterocycles. The van der Waals surface area contributed by atoms with Crippen LogP contribution in [-0.2, 0) is 11.8 Å². The van der Waals surface area contributed by atoms with E-state index in [1.54, 1.807) is 13.8 Å². The van der Waals surface area contributed by atoms with Crippen LogP contribution in [0.5, 0.6) is 0 Å². The number of carboxylic acids is 1. The molecule has 0 saturated heterocycles. The summed E-state index contributed by atoms with van der Waals surface area (Å²) >= 11 is 0. The number of rotatable bonds is 4. The first-order chi connectivity index (χ1) is 10.7. The highest BCUT2D eigenvalue weighted by molar-refractivity contribution is 5.98. The molecule has 0 radical (unpaired) electrons. The Morgan fingerprint density at radius 2 is 2.00 bits per heavy atom. The van der Waals surface area contributed by atoms with Crippen LogP contribution >= 0.6 is 0 Å². The maximum absolute atomic E-state index is 12.2. The minimum Gasteiger partial charge on any atom is -0.480 e. The summed E-state index contributed by atoms with van der Waals surface area (Å²) in [6, 6.07) is 0.214. The lowest BCUT2D eigenvalue weighted by atomic mass is 10.0. The molecule has 0 unspecified atom stereocenters. The molecule has 122 valence electrons. The van der Waals surface area contributed by atoms with E-state index in [0.717, 1.165) is 4.57 Å². The molecular weight excluding hydrogens is 304 g/mol. The third kappa shape index (κ3) is 3.12. The number of carbonyl (C=O) groups is 2. The molecule has 0 aromatic carbocycles. The monoisotopic (exact) mass is 320 g/mol. The number of amides is 1. The number of pyridine rings is 1. The number of aryl methyl sites for hydroxylation is 1. The molecule has 0 aliphatic carbocycles. The Balaban J connectivity index is 2.45. The van der Waals surface area contributed by atoms with Gasteiger partial charge in [-0.1, -0.05) is 13.8 Å². The van der Waals surface area contributed by atoms with Crippen LogP contribution in [0.3, 0.4) is 0 Å². The van der Waals surface area contributed by atoms with Crippen LogP contribution in [0.1, 0.15) is 24.2 Å². The highest BCUT2D eigenvalue weighted by Crippen LogP contribution is 2.09. The predicted octanol–water partition coefficient (Wildman–Crippen LogP) is -0.539. The molecule has 0 aliphatic heterocycles. The Morgan fingerprint density at radius 1 is 1.35 bits per heavy atom. The zero-order valence-electron chi connectivity index (χ0n) is 12.8. The summed E-state index contributed by atoms with van der Waals surface area (Å²) in [6.45, 7) is 3.33. The fraction of sp³-hybridized carbons (Fsp3) is 0.357. The Labute approximate surface area is 130 Å². The molecule has 0 bridgehead atoms. The number of hydrogen-bond donors (Lipinski definition) is 3. The van der Waals surface area contributed by atoms with E-state index in [2.05, 4.69) is 15.3 Å². The topological polar surface area (TPSA) is 134 Å². The van der Waals surface area contributed by atoms with Gasteiger partial charge in [-0.05, 0) is 12.0 Å². The maximum Gasteiger partial charge on any atom is 0.329 e. The Bertz CT molecular complexity index is 896. The molecule has 2 aromatic rings. The van der Waals surface area contributed by atoms with Crippen molar-refractivity contribution in [1.29, 1.82) is 0 Å². The second kappa shape index (κ2) is 6.03. The van der Waals surface area contributed by atoms with Gasteiger partial charge in [-0.3, -0.25) is 19.1 Å². The van der Waals surface area contributed by atoms with Gasteiger partial charge in [0, 0.05) is 13.2 Å². The van der Waals surface area contributed by atoms with Crippen molar-refractivity contribution in [3.8, 4) is 0 Å². The summed E-state index contributed by atoms with van der Waals surface area (Å²) in [5.74, 6) is -2.12. The maximum atomic E-state index is 12.2. The van der Waals surface area contributed by atoms with Crippen molar-refractivity contribution in [2.45, 2.75) is 19.9 Å². The van der Waals surface area contributed by atoms with Crippen molar-refractivity contribution in [3.05, 3.63) is 38.7 Å². The van der Waals surface area contributed by atoms with E-state index >= 15 is 0 Å². The largest absolute Gasteiger partial charge is 0.480 e. The van der Waals surface area contributed by atoms with Crippen LogP contribution in [0, 0.1) is 5.92 Å². The van der Waals surface area contributed by atoms with E-state index in [1.165, 1.54) is 19.3 Å². The first-order valence-corrected chi connectivity index (χ1v) is 6.85. The van der Waals surface area contributed by atoms with E-state index in [9.17, 15) is 19.2 Å². The molecule has 0 aliphatic rings. The molecule has 23 heavy (non-hydrogen) atoms. The quantitative estimate of drug-likeness (QED) is 0.692. The van der Waals surface area contributed by atoms with Gasteiger partial charge in [0.1, 0.15) is 11.7 Å². The van der Waals surface area contributed by atoms with E-state index in [-0.39, 0.29) is 22.5 Å². The van der Waals surface area contributed by atoms with Gasteiger partial charge < -0.3 is 10.4 Å². The first-order valence-electron chi connectivity index (χ1n) is 6.85. The smallest absolute Gasteiger partial charge is 0.329 e. The van der Waals surface area contributed by atoms with Crippen molar-refractivity contribution in [2.24, 2.45) is 13.0 Å². The number of hydrogen-bond acceptors (Lipinski definition) is 5. The summed E-state index contributed by atoms with van der Waals surface area (Å²) in [5, 5.41) is 11.5. The minimum atomic E-state index is -1.15. The normalized spacial score (nSPS) is 12.3. The molecular formula is C14H16N4O5. The van der Waals surface area contributed by atoms with Gasteiger partial charge in [-0.15, -0.1) is 0 Å². The lowest BCUT2D eigenvalue weighted by molar-refractivity contribution is -0.140. The first kappa shape index (κ1) is 16.4. The molecule has 1 amide bonds. The third-order valence-electron chi connectivity index (χ3n) is 3.44. The molecule has 3 N–H and O–H groups in total.